The summed E-state index contributed by atoms with van der Waals surface area (Å²) in [6.07, 6.45) is 3.85. The third-order valence-corrected chi connectivity index (χ3v) is 7.92. The standard InChI is InChI=1S/C26H25N5O3S2/c1-2-5-20(6-3-1)13-21-16-36-31(29-21)22-8-10-23(11-9-22)32-14-24-15-33-26(34-24,25-7-4-12-35-25)17-30-19-27-18-28-30/h1-12,18-19,24H,13-17H2. The highest BCUT2D eigenvalue weighted by atomic mass is 32.2. The average molecular weight is 520 g/mol. The quantitative estimate of drug-likeness (QED) is 0.295. The second-order valence-electron chi connectivity index (χ2n) is 8.55. The highest BCUT2D eigenvalue weighted by Crippen LogP contribution is 2.38. The maximum atomic E-state index is 6.40. The summed E-state index contributed by atoms with van der Waals surface area (Å²) in [7, 11) is 0. The van der Waals surface area contributed by atoms with Gasteiger partial charge in [-0.1, -0.05) is 36.4 Å². The summed E-state index contributed by atoms with van der Waals surface area (Å²) in [6, 6.07) is 22.5. The van der Waals surface area contributed by atoms with Gasteiger partial charge in [0.15, 0.2) is 0 Å². The maximum Gasteiger partial charge on any atom is 0.225 e. The third-order valence-electron chi connectivity index (χ3n) is 5.92. The number of thiophene rings is 1. The first-order chi connectivity index (χ1) is 17.8. The van der Waals surface area contributed by atoms with Gasteiger partial charge in [0, 0.05) is 6.42 Å². The van der Waals surface area contributed by atoms with Crippen molar-refractivity contribution in [2.24, 2.45) is 5.10 Å². The molecule has 2 aliphatic rings. The normalized spacial score (nSPS) is 21.6. The van der Waals surface area contributed by atoms with Crippen LogP contribution in [-0.2, 0) is 28.2 Å². The molecule has 2 atom stereocenters. The number of ether oxygens (including phenoxy) is 3. The van der Waals surface area contributed by atoms with E-state index in [1.54, 1.807) is 34.3 Å². The lowest BCUT2D eigenvalue weighted by atomic mass is 10.1. The Hall–Kier alpha value is -3.18. The summed E-state index contributed by atoms with van der Waals surface area (Å²) in [5.74, 6) is 0.791. The van der Waals surface area contributed by atoms with Crippen LogP contribution < -0.4 is 9.15 Å². The molecule has 184 valence electrons. The summed E-state index contributed by atoms with van der Waals surface area (Å²) in [5.41, 5.74) is 3.48. The van der Waals surface area contributed by atoms with Gasteiger partial charge in [-0.2, -0.15) is 10.2 Å². The van der Waals surface area contributed by atoms with Gasteiger partial charge in [-0.15, -0.1) is 11.3 Å². The van der Waals surface area contributed by atoms with Crippen molar-refractivity contribution >= 4 is 34.7 Å². The van der Waals surface area contributed by atoms with Gasteiger partial charge in [-0.25, -0.2) is 14.1 Å². The Morgan fingerprint density at radius 2 is 1.94 bits per heavy atom. The van der Waals surface area contributed by atoms with E-state index >= 15 is 0 Å². The zero-order valence-corrected chi connectivity index (χ0v) is 21.1. The lowest BCUT2D eigenvalue weighted by Gasteiger charge is -2.26. The Balaban J connectivity index is 1.05. The lowest BCUT2D eigenvalue weighted by molar-refractivity contribution is -0.188. The Morgan fingerprint density at radius 1 is 1.06 bits per heavy atom. The second-order valence-corrected chi connectivity index (χ2v) is 10.4. The van der Waals surface area contributed by atoms with Crippen LogP contribution in [-0.4, -0.2) is 45.5 Å². The minimum atomic E-state index is -0.887. The molecule has 1 saturated heterocycles. The molecule has 0 N–H and O–H groups in total. The molecule has 0 saturated carbocycles. The van der Waals surface area contributed by atoms with Crippen molar-refractivity contribution in [3.05, 3.63) is 95.2 Å². The van der Waals surface area contributed by atoms with E-state index in [-0.39, 0.29) is 6.10 Å². The molecule has 10 heteroatoms. The molecule has 0 spiro atoms. The van der Waals surface area contributed by atoms with Gasteiger partial charge >= 0.3 is 0 Å². The number of hydrazone groups is 1. The topological polar surface area (TPSA) is 74.0 Å². The predicted octanol–water partition coefficient (Wildman–Crippen LogP) is 4.75. The Morgan fingerprint density at radius 3 is 2.72 bits per heavy atom. The van der Waals surface area contributed by atoms with Crippen molar-refractivity contribution in [3.8, 4) is 5.75 Å². The smallest absolute Gasteiger partial charge is 0.225 e. The van der Waals surface area contributed by atoms with Crippen molar-refractivity contribution in [2.45, 2.75) is 24.9 Å². The fraction of sp³-hybridized carbons (Fsp3) is 0.269. The van der Waals surface area contributed by atoms with Crippen LogP contribution in [0.15, 0.2) is 89.9 Å². The molecular formula is C26H25N5O3S2. The van der Waals surface area contributed by atoms with E-state index in [1.165, 1.54) is 17.6 Å². The molecule has 1 fully saturated rings. The number of aromatic nitrogens is 3. The van der Waals surface area contributed by atoms with Crippen LogP contribution in [0, 0.1) is 0 Å². The molecule has 4 heterocycles. The molecule has 0 bridgehead atoms. The molecule has 6 rings (SSSR count). The van der Waals surface area contributed by atoms with Gasteiger partial charge in [0.2, 0.25) is 5.79 Å². The van der Waals surface area contributed by atoms with E-state index in [0.717, 1.165) is 28.5 Å². The molecule has 2 aliphatic heterocycles. The first-order valence-corrected chi connectivity index (χ1v) is 13.5. The fourth-order valence-corrected chi connectivity index (χ4v) is 5.88. The van der Waals surface area contributed by atoms with Crippen LogP contribution in [0.1, 0.15) is 10.4 Å². The molecule has 2 aromatic heterocycles. The number of hydrogen-bond donors (Lipinski definition) is 0. The zero-order valence-electron chi connectivity index (χ0n) is 19.5. The number of nitrogens with zero attached hydrogens (tertiary/aromatic N) is 5. The van der Waals surface area contributed by atoms with E-state index in [2.05, 4.69) is 34.3 Å². The zero-order chi connectivity index (χ0) is 24.2. The van der Waals surface area contributed by atoms with E-state index in [1.807, 2.05) is 52.3 Å². The first kappa shape index (κ1) is 23.2. The largest absolute Gasteiger partial charge is 0.491 e. The summed E-state index contributed by atoms with van der Waals surface area (Å²) in [5, 5.41) is 11.0. The van der Waals surface area contributed by atoms with Crippen molar-refractivity contribution in [3.63, 3.8) is 0 Å². The molecule has 0 amide bonds. The fourth-order valence-electron chi connectivity index (χ4n) is 4.19. The van der Waals surface area contributed by atoms with Crippen LogP contribution in [0.5, 0.6) is 5.75 Å². The lowest BCUT2D eigenvalue weighted by Crippen LogP contribution is -2.33. The Bertz CT molecular complexity index is 1280. The number of hydrogen-bond acceptors (Lipinski definition) is 9. The van der Waals surface area contributed by atoms with Crippen LogP contribution in [0.3, 0.4) is 0 Å². The van der Waals surface area contributed by atoms with Crippen LogP contribution in [0.4, 0.5) is 5.69 Å². The number of anilines is 1. The minimum Gasteiger partial charge on any atom is -0.491 e. The Kier molecular flexibility index (Phi) is 6.73. The van der Waals surface area contributed by atoms with E-state index in [0.29, 0.717) is 19.8 Å². The van der Waals surface area contributed by atoms with Gasteiger partial charge in [0.1, 0.15) is 37.7 Å². The highest BCUT2D eigenvalue weighted by Gasteiger charge is 2.45. The van der Waals surface area contributed by atoms with Gasteiger partial charge < -0.3 is 14.2 Å². The van der Waals surface area contributed by atoms with Crippen LogP contribution in [0.2, 0.25) is 0 Å². The van der Waals surface area contributed by atoms with Crippen molar-refractivity contribution in [1.82, 2.24) is 14.8 Å². The van der Waals surface area contributed by atoms with Gasteiger partial charge in [0.05, 0.1) is 28.6 Å². The SMILES string of the molecule is c1ccc(CC2=NN(c3ccc(OCC4COC(Cn5cncn5)(c5cccs5)O4)cc3)SC2)cc1. The van der Waals surface area contributed by atoms with Crippen molar-refractivity contribution in [2.75, 3.05) is 23.4 Å². The Labute approximate surface area is 217 Å². The first-order valence-electron chi connectivity index (χ1n) is 11.7. The highest BCUT2D eigenvalue weighted by molar-refractivity contribution is 8.01. The molecular weight excluding hydrogens is 494 g/mol. The molecule has 2 aromatic carbocycles. The van der Waals surface area contributed by atoms with Crippen LogP contribution >= 0.6 is 23.3 Å². The average Bonchev–Trinajstić information content (AvgIpc) is 3.73. The maximum absolute atomic E-state index is 6.40. The van der Waals surface area contributed by atoms with Gasteiger partial charge in [-0.05, 0) is 53.2 Å². The van der Waals surface area contributed by atoms with Gasteiger partial charge in [-0.3, -0.25) is 0 Å². The summed E-state index contributed by atoms with van der Waals surface area (Å²) in [4.78, 5) is 5.04. The molecule has 36 heavy (non-hydrogen) atoms. The molecule has 4 aromatic rings. The number of rotatable bonds is 9. The molecule has 2 unspecified atom stereocenters. The number of benzene rings is 2. The molecule has 0 radical (unpaired) electrons. The van der Waals surface area contributed by atoms with E-state index in [9.17, 15) is 0 Å². The van der Waals surface area contributed by atoms with Crippen molar-refractivity contribution < 1.29 is 14.2 Å². The second kappa shape index (κ2) is 10.4. The van der Waals surface area contributed by atoms with E-state index < -0.39 is 5.79 Å². The monoisotopic (exact) mass is 519 g/mol. The summed E-state index contributed by atoms with van der Waals surface area (Å²) in [6.45, 7) is 1.26. The minimum absolute atomic E-state index is 0.199. The third kappa shape index (κ3) is 5.17. The molecule has 0 aliphatic carbocycles. The van der Waals surface area contributed by atoms with Gasteiger partial charge in [0.25, 0.3) is 0 Å². The molecule has 8 nitrogen and oxygen atoms in total. The summed E-state index contributed by atoms with van der Waals surface area (Å²) >= 11 is 3.31. The summed E-state index contributed by atoms with van der Waals surface area (Å²) < 4.78 is 22.4. The van der Waals surface area contributed by atoms with Crippen LogP contribution in [0.25, 0.3) is 0 Å². The van der Waals surface area contributed by atoms with E-state index in [4.69, 9.17) is 19.3 Å². The van der Waals surface area contributed by atoms with Crippen molar-refractivity contribution in [1.29, 1.82) is 0 Å². The predicted molar refractivity (Wildman–Crippen MR) is 141 cm³/mol.